The van der Waals surface area contributed by atoms with E-state index in [1.807, 2.05) is 31.2 Å². The number of aromatic amines is 1. The highest BCUT2D eigenvalue weighted by Gasteiger charge is 2.08. The van der Waals surface area contributed by atoms with E-state index in [0.717, 1.165) is 11.0 Å². The Morgan fingerprint density at radius 2 is 2.27 bits per heavy atom. The van der Waals surface area contributed by atoms with Crippen LogP contribution in [0.5, 0.6) is 0 Å². The summed E-state index contributed by atoms with van der Waals surface area (Å²) in [6, 6.07) is 7.75. The lowest BCUT2D eigenvalue weighted by Gasteiger charge is -2.12. The number of imidazole rings is 1. The van der Waals surface area contributed by atoms with Gasteiger partial charge in [-0.25, -0.2) is 14.6 Å². The molecule has 0 radical (unpaired) electrons. The predicted octanol–water partition coefficient (Wildman–Crippen LogP) is 0.944. The van der Waals surface area contributed by atoms with Crippen LogP contribution in [0.25, 0.3) is 11.0 Å². The highest BCUT2D eigenvalue weighted by atomic mass is 16.2. The van der Waals surface area contributed by atoms with Crippen molar-refractivity contribution < 1.29 is 4.79 Å². The second-order valence-electron chi connectivity index (χ2n) is 5.01. The number of benzene rings is 1. The van der Waals surface area contributed by atoms with Crippen molar-refractivity contribution in [3.8, 4) is 0 Å². The van der Waals surface area contributed by atoms with Crippen LogP contribution in [-0.4, -0.2) is 43.7 Å². The second-order valence-corrected chi connectivity index (χ2v) is 5.01. The number of nitrogens with one attached hydrogen (secondary N) is 3. The van der Waals surface area contributed by atoms with Crippen molar-refractivity contribution in [1.29, 1.82) is 0 Å². The number of fused-ring (bicyclic) bond motifs is 1. The zero-order chi connectivity index (χ0) is 15.4. The largest absolute Gasteiger partial charge is 0.324 e. The molecule has 0 bridgehead atoms. The van der Waals surface area contributed by atoms with Gasteiger partial charge in [0.25, 0.3) is 0 Å². The van der Waals surface area contributed by atoms with Gasteiger partial charge in [-0.05, 0) is 19.1 Å². The Balaban J connectivity index is 1.48. The van der Waals surface area contributed by atoms with Gasteiger partial charge < -0.3 is 10.3 Å². The number of aromatic nitrogens is 5. The first-order valence-corrected chi connectivity index (χ1v) is 7.02. The van der Waals surface area contributed by atoms with E-state index in [9.17, 15) is 4.79 Å². The zero-order valence-electron chi connectivity index (χ0n) is 12.2. The summed E-state index contributed by atoms with van der Waals surface area (Å²) in [7, 11) is 0. The van der Waals surface area contributed by atoms with Crippen LogP contribution in [0.3, 0.4) is 0 Å². The lowest BCUT2D eigenvalue weighted by molar-refractivity contribution is -0.115. The van der Waals surface area contributed by atoms with E-state index in [1.165, 1.54) is 6.33 Å². The molecule has 2 heterocycles. The van der Waals surface area contributed by atoms with Crippen molar-refractivity contribution in [2.24, 2.45) is 0 Å². The third kappa shape index (κ3) is 3.29. The Morgan fingerprint density at radius 3 is 3.05 bits per heavy atom. The highest BCUT2D eigenvalue weighted by Crippen LogP contribution is 2.12. The first kappa shape index (κ1) is 14.2. The average molecular weight is 299 g/mol. The number of para-hydroxylation sites is 2. The minimum Gasteiger partial charge on any atom is -0.324 e. The summed E-state index contributed by atoms with van der Waals surface area (Å²) in [5.74, 6) is 0.308. The monoisotopic (exact) mass is 299 g/mol. The van der Waals surface area contributed by atoms with E-state index in [4.69, 9.17) is 0 Å². The van der Waals surface area contributed by atoms with Crippen LogP contribution in [0.4, 0.5) is 5.95 Å². The van der Waals surface area contributed by atoms with Crippen molar-refractivity contribution in [3.63, 3.8) is 0 Å². The Kier molecular flexibility index (Phi) is 4.10. The molecule has 0 saturated heterocycles. The van der Waals surface area contributed by atoms with Crippen LogP contribution < -0.4 is 10.6 Å². The van der Waals surface area contributed by atoms with Crippen LogP contribution in [0.15, 0.2) is 36.9 Å². The summed E-state index contributed by atoms with van der Waals surface area (Å²) in [5.41, 5.74) is 1.72. The SMILES string of the molecule is C[C@@H](CNCC(=O)Nc1nc2ccccc2[nH]1)n1cncn1. The lowest BCUT2D eigenvalue weighted by Crippen LogP contribution is -2.32. The number of amides is 1. The van der Waals surface area contributed by atoms with E-state index in [-0.39, 0.29) is 18.5 Å². The van der Waals surface area contributed by atoms with E-state index < -0.39 is 0 Å². The summed E-state index contributed by atoms with van der Waals surface area (Å²) in [6.45, 7) is 2.83. The van der Waals surface area contributed by atoms with Crippen molar-refractivity contribution in [3.05, 3.63) is 36.9 Å². The van der Waals surface area contributed by atoms with Crippen LogP contribution in [0.1, 0.15) is 13.0 Å². The van der Waals surface area contributed by atoms with Gasteiger partial charge >= 0.3 is 0 Å². The molecule has 8 heteroatoms. The minimum absolute atomic E-state index is 0.126. The smallest absolute Gasteiger partial charge is 0.240 e. The van der Waals surface area contributed by atoms with Gasteiger partial charge in [0.2, 0.25) is 11.9 Å². The average Bonchev–Trinajstić information content (AvgIpc) is 3.15. The van der Waals surface area contributed by atoms with Crippen LogP contribution >= 0.6 is 0 Å². The number of H-pyrrole nitrogens is 1. The molecule has 1 amide bonds. The summed E-state index contributed by atoms with van der Waals surface area (Å²) >= 11 is 0. The van der Waals surface area contributed by atoms with Crippen molar-refractivity contribution in [2.45, 2.75) is 13.0 Å². The number of anilines is 1. The lowest BCUT2D eigenvalue weighted by atomic mass is 10.3. The fraction of sp³-hybridized carbons (Fsp3) is 0.286. The van der Waals surface area contributed by atoms with E-state index in [1.54, 1.807) is 11.0 Å². The fourth-order valence-corrected chi connectivity index (χ4v) is 2.12. The van der Waals surface area contributed by atoms with Gasteiger partial charge in [-0.15, -0.1) is 0 Å². The first-order valence-electron chi connectivity index (χ1n) is 7.02. The molecule has 0 aliphatic carbocycles. The molecule has 114 valence electrons. The summed E-state index contributed by atoms with van der Waals surface area (Å²) in [4.78, 5) is 23.1. The Bertz CT molecular complexity index is 716. The quantitative estimate of drug-likeness (QED) is 0.629. The van der Waals surface area contributed by atoms with Gasteiger partial charge in [0.15, 0.2) is 0 Å². The number of carbonyl (C=O) groups is 1. The topological polar surface area (TPSA) is 101 Å². The Labute approximate surface area is 127 Å². The highest BCUT2D eigenvalue weighted by molar-refractivity contribution is 5.92. The maximum Gasteiger partial charge on any atom is 0.240 e. The van der Waals surface area contributed by atoms with E-state index >= 15 is 0 Å². The van der Waals surface area contributed by atoms with Crippen molar-refractivity contribution >= 4 is 22.9 Å². The van der Waals surface area contributed by atoms with Gasteiger partial charge in [0, 0.05) is 6.54 Å². The first-order chi connectivity index (χ1) is 10.7. The Morgan fingerprint density at radius 1 is 1.41 bits per heavy atom. The molecule has 3 rings (SSSR count). The molecule has 0 fully saturated rings. The molecule has 2 aromatic heterocycles. The third-order valence-electron chi connectivity index (χ3n) is 3.26. The normalized spacial score (nSPS) is 12.4. The van der Waals surface area contributed by atoms with Crippen molar-refractivity contribution in [2.75, 3.05) is 18.4 Å². The zero-order valence-corrected chi connectivity index (χ0v) is 12.2. The van der Waals surface area contributed by atoms with Gasteiger partial charge in [0.05, 0.1) is 23.6 Å². The molecular formula is C14H17N7O. The number of hydrogen-bond donors (Lipinski definition) is 3. The summed E-state index contributed by atoms with van der Waals surface area (Å²) in [5, 5.41) is 9.88. The van der Waals surface area contributed by atoms with Gasteiger partial charge in [-0.2, -0.15) is 5.10 Å². The number of carbonyl (C=O) groups excluding carboxylic acids is 1. The van der Waals surface area contributed by atoms with Gasteiger partial charge in [-0.1, -0.05) is 12.1 Å². The van der Waals surface area contributed by atoms with Crippen LogP contribution in [0, 0.1) is 0 Å². The molecule has 0 aliphatic heterocycles. The van der Waals surface area contributed by atoms with Crippen LogP contribution in [0.2, 0.25) is 0 Å². The number of hydrogen-bond acceptors (Lipinski definition) is 5. The van der Waals surface area contributed by atoms with Gasteiger partial charge in [-0.3, -0.25) is 10.1 Å². The van der Waals surface area contributed by atoms with Crippen molar-refractivity contribution in [1.82, 2.24) is 30.0 Å². The molecule has 0 saturated carbocycles. The molecular weight excluding hydrogens is 282 g/mol. The number of nitrogens with zero attached hydrogens (tertiary/aromatic N) is 4. The molecule has 3 N–H and O–H groups in total. The maximum absolute atomic E-state index is 11.9. The second kappa shape index (κ2) is 6.35. The predicted molar refractivity (Wildman–Crippen MR) is 82.3 cm³/mol. The van der Waals surface area contributed by atoms with Gasteiger partial charge in [0.1, 0.15) is 12.7 Å². The molecule has 8 nitrogen and oxygen atoms in total. The van der Waals surface area contributed by atoms with E-state index in [2.05, 4.69) is 30.7 Å². The maximum atomic E-state index is 11.9. The Hall–Kier alpha value is -2.74. The molecule has 1 atom stereocenters. The molecule has 1 aromatic carbocycles. The fourth-order valence-electron chi connectivity index (χ4n) is 2.12. The number of rotatable bonds is 6. The standard InChI is InChI=1S/C14H17N7O/c1-10(21-9-16-8-17-21)6-15-7-13(22)20-14-18-11-4-2-3-5-12(11)19-14/h2-5,8-10,15H,6-7H2,1H3,(H2,18,19,20,22)/t10-/m0/s1. The molecule has 0 aliphatic rings. The molecule has 0 unspecified atom stereocenters. The van der Waals surface area contributed by atoms with Crippen LogP contribution in [-0.2, 0) is 4.79 Å². The molecule has 22 heavy (non-hydrogen) atoms. The third-order valence-corrected chi connectivity index (χ3v) is 3.26. The summed E-state index contributed by atoms with van der Waals surface area (Å²) in [6.07, 6.45) is 3.14. The minimum atomic E-state index is -0.148. The summed E-state index contributed by atoms with van der Waals surface area (Å²) < 4.78 is 1.74. The molecule has 3 aromatic rings. The van der Waals surface area contributed by atoms with E-state index in [0.29, 0.717) is 12.5 Å². The molecule has 0 spiro atoms.